The molecule has 0 radical (unpaired) electrons. The van der Waals surface area contributed by atoms with E-state index < -0.39 is 28.3 Å². The number of fused-ring (bicyclic) bond motifs is 2. The summed E-state index contributed by atoms with van der Waals surface area (Å²) in [6.07, 6.45) is 1.03. The van der Waals surface area contributed by atoms with Crippen LogP contribution in [0.4, 0.5) is 0 Å². The zero-order valence-corrected chi connectivity index (χ0v) is 21.5. The third-order valence-corrected chi connectivity index (χ3v) is 9.29. The lowest BCUT2D eigenvalue weighted by atomic mass is 9.96. The van der Waals surface area contributed by atoms with Gasteiger partial charge in [0, 0.05) is 17.6 Å². The predicted molar refractivity (Wildman–Crippen MR) is 134 cm³/mol. The van der Waals surface area contributed by atoms with E-state index in [0.717, 1.165) is 12.8 Å². The number of sulfonamides is 1. The van der Waals surface area contributed by atoms with Gasteiger partial charge in [0.25, 0.3) is 0 Å². The van der Waals surface area contributed by atoms with Crippen molar-refractivity contribution in [2.45, 2.75) is 67.4 Å². The molecule has 2 aromatic carbocycles. The zero-order valence-electron chi connectivity index (χ0n) is 19.9. The number of carbonyl (C=O) groups excluding carboxylic acids is 1. The van der Waals surface area contributed by atoms with E-state index in [4.69, 9.17) is 21.1 Å². The standard InChI is InChI=1S/C26H31ClN2O6S/c27-19-6-3-7-23(12-19)36(32,33)29-14-21(30)15-34-16-25-24(29)9-8-22(35-25)13-26(31)28-20-10-17-4-1-2-5-18(17)11-20/h1-7,12,20-22,24-25,30H,8-11,13-16H2,(H,28,31)/t21-,22+,24-,25+/m1/s1. The number of amides is 1. The summed E-state index contributed by atoms with van der Waals surface area (Å²) in [6, 6.07) is 13.9. The molecule has 10 heteroatoms. The first-order chi connectivity index (χ1) is 17.3. The lowest BCUT2D eigenvalue weighted by Gasteiger charge is -2.43. The summed E-state index contributed by atoms with van der Waals surface area (Å²) in [5.41, 5.74) is 2.55. The van der Waals surface area contributed by atoms with E-state index in [0.29, 0.717) is 17.9 Å². The fraction of sp³-hybridized carbons (Fsp3) is 0.500. The van der Waals surface area contributed by atoms with Crippen molar-refractivity contribution >= 4 is 27.5 Å². The molecule has 2 heterocycles. The van der Waals surface area contributed by atoms with Crippen molar-refractivity contribution < 1.29 is 27.8 Å². The SMILES string of the molecule is O=C(C[C@@H]1CC[C@@H]2[C@H](COC[C@H](O)CN2S(=O)(=O)c2cccc(Cl)c2)O1)NC1Cc2ccccc2C1. The number of hydrogen-bond acceptors (Lipinski definition) is 6. The molecule has 2 aromatic rings. The van der Waals surface area contributed by atoms with Gasteiger partial charge in [-0.25, -0.2) is 8.42 Å². The Morgan fingerprint density at radius 2 is 1.83 bits per heavy atom. The molecule has 0 aromatic heterocycles. The molecule has 36 heavy (non-hydrogen) atoms. The number of ether oxygens (including phenoxy) is 2. The topological polar surface area (TPSA) is 105 Å². The fourth-order valence-corrected chi connectivity index (χ4v) is 7.51. The molecule has 1 aliphatic carbocycles. The largest absolute Gasteiger partial charge is 0.389 e. The van der Waals surface area contributed by atoms with Gasteiger partial charge in [-0.15, -0.1) is 0 Å². The van der Waals surface area contributed by atoms with Gasteiger partial charge in [-0.3, -0.25) is 4.79 Å². The van der Waals surface area contributed by atoms with Gasteiger partial charge >= 0.3 is 0 Å². The Bertz CT molecular complexity index is 1180. The second-order valence-corrected chi connectivity index (χ2v) is 12.1. The van der Waals surface area contributed by atoms with Gasteiger partial charge in [0.05, 0.1) is 48.9 Å². The van der Waals surface area contributed by atoms with Crippen LogP contribution in [-0.2, 0) is 37.1 Å². The van der Waals surface area contributed by atoms with E-state index in [9.17, 15) is 18.3 Å². The molecule has 194 valence electrons. The van der Waals surface area contributed by atoms with Crippen LogP contribution in [0.25, 0.3) is 0 Å². The highest BCUT2D eigenvalue weighted by molar-refractivity contribution is 7.89. The number of nitrogens with one attached hydrogen (secondary N) is 1. The Morgan fingerprint density at radius 3 is 2.56 bits per heavy atom. The van der Waals surface area contributed by atoms with E-state index in [2.05, 4.69) is 17.4 Å². The van der Waals surface area contributed by atoms with E-state index in [1.54, 1.807) is 12.1 Å². The summed E-state index contributed by atoms with van der Waals surface area (Å²) in [4.78, 5) is 12.9. The van der Waals surface area contributed by atoms with Crippen molar-refractivity contribution in [1.29, 1.82) is 0 Å². The van der Waals surface area contributed by atoms with Gasteiger partial charge in [0.15, 0.2) is 0 Å². The van der Waals surface area contributed by atoms with Gasteiger partial charge in [0.2, 0.25) is 15.9 Å². The molecular weight excluding hydrogens is 504 g/mol. The quantitative estimate of drug-likeness (QED) is 0.610. The number of β-amino-alcohol motifs (C(OH)–C–C–N with tert-alkyl or cyclic N) is 1. The number of benzene rings is 2. The first kappa shape index (κ1) is 25.6. The molecule has 0 bridgehead atoms. The monoisotopic (exact) mass is 534 g/mol. The highest BCUT2D eigenvalue weighted by Gasteiger charge is 2.43. The van der Waals surface area contributed by atoms with Crippen molar-refractivity contribution in [3.05, 3.63) is 64.7 Å². The molecule has 5 rings (SSSR count). The second kappa shape index (κ2) is 10.8. The van der Waals surface area contributed by atoms with Crippen LogP contribution in [-0.4, -0.2) is 73.9 Å². The molecule has 1 amide bonds. The van der Waals surface area contributed by atoms with Crippen LogP contribution in [0, 0.1) is 0 Å². The Kier molecular flexibility index (Phi) is 7.67. The zero-order chi connectivity index (χ0) is 25.3. The van der Waals surface area contributed by atoms with Crippen LogP contribution >= 0.6 is 11.6 Å². The van der Waals surface area contributed by atoms with Crippen LogP contribution in [0.15, 0.2) is 53.4 Å². The molecule has 4 atom stereocenters. The molecule has 3 aliphatic rings. The third-order valence-electron chi connectivity index (χ3n) is 7.17. The number of carbonyl (C=O) groups is 1. The van der Waals surface area contributed by atoms with Gasteiger partial charge in [-0.1, -0.05) is 41.9 Å². The van der Waals surface area contributed by atoms with Gasteiger partial charge in [0.1, 0.15) is 0 Å². The first-order valence-corrected chi connectivity index (χ1v) is 14.2. The third kappa shape index (κ3) is 5.61. The summed E-state index contributed by atoms with van der Waals surface area (Å²) in [5, 5.41) is 13.8. The molecule has 0 saturated carbocycles. The number of hydrogen-bond donors (Lipinski definition) is 2. The number of nitrogens with zero attached hydrogens (tertiary/aromatic N) is 1. The Hall–Kier alpha value is -2.01. The molecular formula is C26H31ClN2O6S. The lowest BCUT2D eigenvalue weighted by molar-refractivity contribution is -0.146. The first-order valence-electron chi connectivity index (χ1n) is 12.3. The average Bonchev–Trinajstić information content (AvgIpc) is 3.24. The summed E-state index contributed by atoms with van der Waals surface area (Å²) in [7, 11) is -3.94. The van der Waals surface area contributed by atoms with Crippen molar-refractivity contribution in [3.8, 4) is 0 Å². The van der Waals surface area contributed by atoms with E-state index >= 15 is 0 Å². The minimum absolute atomic E-state index is 0.00153. The van der Waals surface area contributed by atoms with Crippen LogP contribution in [0.1, 0.15) is 30.4 Å². The molecule has 2 saturated heterocycles. The average molecular weight is 535 g/mol. The Morgan fingerprint density at radius 1 is 1.08 bits per heavy atom. The van der Waals surface area contributed by atoms with Crippen molar-refractivity contribution in [2.75, 3.05) is 19.8 Å². The Labute approximate surface area is 216 Å². The van der Waals surface area contributed by atoms with Crippen molar-refractivity contribution in [2.24, 2.45) is 0 Å². The van der Waals surface area contributed by atoms with Crippen LogP contribution in [0.2, 0.25) is 5.02 Å². The summed E-state index contributed by atoms with van der Waals surface area (Å²) >= 11 is 6.05. The van der Waals surface area contributed by atoms with Crippen LogP contribution < -0.4 is 5.32 Å². The molecule has 8 nitrogen and oxygen atoms in total. The maximum absolute atomic E-state index is 13.5. The number of halogens is 1. The summed E-state index contributed by atoms with van der Waals surface area (Å²) in [6.45, 7) is 0.0354. The van der Waals surface area contributed by atoms with E-state index in [1.807, 2.05) is 12.1 Å². The Balaban J connectivity index is 1.25. The van der Waals surface area contributed by atoms with Gasteiger partial charge in [-0.2, -0.15) is 4.31 Å². The molecule has 0 unspecified atom stereocenters. The number of aliphatic hydroxyl groups excluding tert-OH is 1. The maximum Gasteiger partial charge on any atom is 0.243 e. The highest BCUT2D eigenvalue weighted by atomic mass is 35.5. The maximum atomic E-state index is 13.5. The minimum atomic E-state index is -3.94. The van der Waals surface area contributed by atoms with Crippen LogP contribution in [0.3, 0.4) is 0 Å². The van der Waals surface area contributed by atoms with E-state index in [1.165, 1.54) is 27.6 Å². The minimum Gasteiger partial charge on any atom is -0.389 e. The van der Waals surface area contributed by atoms with Gasteiger partial charge < -0.3 is 19.9 Å². The lowest BCUT2D eigenvalue weighted by Crippen LogP contribution is -2.57. The summed E-state index contributed by atoms with van der Waals surface area (Å²) in [5.74, 6) is -0.0677. The number of aliphatic hydroxyl groups is 1. The normalized spacial score (nSPS) is 27.5. The van der Waals surface area contributed by atoms with Gasteiger partial charge in [-0.05, 0) is 55.0 Å². The highest BCUT2D eigenvalue weighted by Crippen LogP contribution is 2.32. The fourth-order valence-electron chi connectivity index (χ4n) is 5.49. The van der Waals surface area contributed by atoms with E-state index in [-0.39, 0.29) is 49.1 Å². The molecule has 0 spiro atoms. The van der Waals surface area contributed by atoms with Crippen molar-refractivity contribution in [3.63, 3.8) is 0 Å². The molecule has 2 aliphatic heterocycles. The smallest absolute Gasteiger partial charge is 0.243 e. The predicted octanol–water partition coefficient (Wildman–Crippen LogP) is 2.31. The summed E-state index contributed by atoms with van der Waals surface area (Å²) < 4.78 is 40.3. The second-order valence-electron chi connectivity index (χ2n) is 9.81. The molecule has 2 fully saturated rings. The number of rotatable bonds is 5. The van der Waals surface area contributed by atoms with Crippen LogP contribution in [0.5, 0.6) is 0 Å². The molecule has 2 N–H and O–H groups in total. The van der Waals surface area contributed by atoms with Crippen molar-refractivity contribution in [1.82, 2.24) is 9.62 Å².